The van der Waals surface area contributed by atoms with E-state index in [1.807, 2.05) is 19.1 Å². The van der Waals surface area contributed by atoms with Crippen molar-refractivity contribution in [2.24, 2.45) is 0 Å². The Hall–Kier alpha value is -2.37. The Balaban J connectivity index is 1.67. The predicted octanol–water partition coefficient (Wildman–Crippen LogP) is 5.03. The molecular weight excluding hydrogens is 399 g/mol. The zero-order chi connectivity index (χ0) is 20.3. The zero-order valence-corrected chi connectivity index (χ0v) is 16.9. The average Bonchev–Trinajstić information content (AvgIpc) is 3.02. The molecule has 2 aromatic rings. The fourth-order valence-corrected chi connectivity index (χ4v) is 3.80. The van der Waals surface area contributed by atoms with Gasteiger partial charge in [-0.3, -0.25) is 14.5 Å². The van der Waals surface area contributed by atoms with Crippen LogP contribution in [-0.2, 0) is 16.0 Å². The van der Waals surface area contributed by atoms with E-state index >= 15 is 0 Å². The lowest BCUT2D eigenvalue weighted by atomic mass is 10.0. The molecular formula is C21H20Cl2N2O3. The molecule has 1 N–H and O–H groups in total. The minimum atomic E-state index is -0.747. The third kappa shape index (κ3) is 4.72. The summed E-state index contributed by atoms with van der Waals surface area (Å²) in [5.41, 5.74) is 2.38. The molecule has 1 atom stereocenters. The van der Waals surface area contributed by atoms with Crippen molar-refractivity contribution in [1.82, 2.24) is 4.90 Å². The summed E-state index contributed by atoms with van der Waals surface area (Å²) in [5.74, 6) is -0.496. The van der Waals surface area contributed by atoms with Crippen molar-refractivity contribution in [1.29, 1.82) is 0 Å². The standard InChI is InChI=1S/C21H20Cl2N2O3/c1-13-3-2-4-16(11-13)24-21(28)25-18(8-10-20(25)27)19(26)9-6-14-5-7-15(22)12-17(14)23/h2-5,7,11-12,18H,6,8-10H2,1H3,(H,24,28)/t18-/m0/s1. The molecule has 0 aliphatic carbocycles. The lowest BCUT2D eigenvalue weighted by Crippen LogP contribution is -2.45. The van der Waals surface area contributed by atoms with Gasteiger partial charge >= 0.3 is 6.03 Å². The monoisotopic (exact) mass is 418 g/mol. The van der Waals surface area contributed by atoms with Crippen LogP contribution in [0.15, 0.2) is 42.5 Å². The van der Waals surface area contributed by atoms with Crippen molar-refractivity contribution in [3.8, 4) is 0 Å². The molecule has 1 aliphatic heterocycles. The van der Waals surface area contributed by atoms with Crippen molar-refractivity contribution < 1.29 is 14.4 Å². The van der Waals surface area contributed by atoms with Gasteiger partial charge in [0.2, 0.25) is 5.91 Å². The normalized spacial score (nSPS) is 16.3. The van der Waals surface area contributed by atoms with Gasteiger partial charge in [-0.25, -0.2) is 4.79 Å². The zero-order valence-electron chi connectivity index (χ0n) is 15.4. The van der Waals surface area contributed by atoms with E-state index in [1.165, 1.54) is 0 Å². The molecule has 146 valence electrons. The maximum absolute atomic E-state index is 12.7. The number of carbonyl (C=O) groups excluding carboxylic acids is 3. The predicted molar refractivity (Wildman–Crippen MR) is 110 cm³/mol. The molecule has 1 heterocycles. The maximum Gasteiger partial charge on any atom is 0.329 e. The van der Waals surface area contributed by atoms with E-state index in [0.29, 0.717) is 28.6 Å². The number of Topliss-reactive ketones (excluding diaryl/α,β-unsaturated/α-hetero) is 1. The van der Waals surface area contributed by atoms with Crippen molar-refractivity contribution in [2.45, 2.75) is 38.6 Å². The molecule has 5 nitrogen and oxygen atoms in total. The number of halogens is 2. The van der Waals surface area contributed by atoms with Crippen LogP contribution < -0.4 is 5.32 Å². The first-order valence-electron chi connectivity index (χ1n) is 9.01. The number of ketones is 1. The van der Waals surface area contributed by atoms with Crippen LogP contribution in [0, 0.1) is 6.92 Å². The number of aryl methyl sites for hydroxylation is 2. The van der Waals surface area contributed by atoms with Gasteiger partial charge in [0.1, 0.15) is 6.04 Å². The fraction of sp³-hybridized carbons (Fsp3) is 0.286. The van der Waals surface area contributed by atoms with Crippen LogP contribution in [0.1, 0.15) is 30.4 Å². The molecule has 7 heteroatoms. The molecule has 3 amide bonds. The number of carbonyl (C=O) groups is 3. The van der Waals surface area contributed by atoms with Crippen molar-refractivity contribution in [2.75, 3.05) is 5.32 Å². The van der Waals surface area contributed by atoms with Gasteiger partial charge in [-0.15, -0.1) is 0 Å². The first-order valence-corrected chi connectivity index (χ1v) is 9.77. The number of nitrogens with one attached hydrogen (secondary N) is 1. The highest BCUT2D eigenvalue weighted by atomic mass is 35.5. The molecule has 3 rings (SSSR count). The van der Waals surface area contributed by atoms with Crippen LogP contribution in [0.5, 0.6) is 0 Å². The van der Waals surface area contributed by atoms with Crippen LogP contribution in [0.3, 0.4) is 0 Å². The summed E-state index contributed by atoms with van der Waals surface area (Å²) in [7, 11) is 0. The molecule has 1 fully saturated rings. The molecule has 1 saturated heterocycles. The van der Waals surface area contributed by atoms with E-state index < -0.39 is 12.1 Å². The molecule has 0 bridgehead atoms. The number of hydrogen-bond acceptors (Lipinski definition) is 3. The fourth-order valence-electron chi connectivity index (χ4n) is 3.30. The number of imide groups is 1. The summed E-state index contributed by atoms with van der Waals surface area (Å²) in [6.45, 7) is 1.91. The van der Waals surface area contributed by atoms with E-state index in [9.17, 15) is 14.4 Å². The van der Waals surface area contributed by atoms with Gasteiger partial charge in [0.05, 0.1) is 0 Å². The average molecular weight is 419 g/mol. The summed E-state index contributed by atoms with van der Waals surface area (Å²) in [6, 6.07) is 11.1. The van der Waals surface area contributed by atoms with Gasteiger partial charge in [-0.2, -0.15) is 0 Å². The second-order valence-electron chi connectivity index (χ2n) is 6.82. The number of hydrogen-bond donors (Lipinski definition) is 1. The van der Waals surface area contributed by atoms with Crippen LogP contribution in [0.25, 0.3) is 0 Å². The highest BCUT2D eigenvalue weighted by Crippen LogP contribution is 2.25. The topological polar surface area (TPSA) is 66.5 Å². The van der Waals surface area contributed by atoms with Gasteiger partial charge in [0.15, 0.2) is 5.78 Å². The number of rotatable bonds is 5. The molecule has 0 saturated carbocycles. The Bertz CT molecular complexity index is 930. The van der Waals surface area contributed by atoms with Crippen LogP contribution in [0.2, 0.25) is 10.0 Å². The molecule has 0 aromatic heterocycles. The smallest absolute Gasteiger partial charge is 0.307 e. The van der Waals surface area contributed by atoms with E-state index in [1.54, 1.807) is 30.3 Å². The van der Waals surface area contributed by atoms with Crippen molar-refractivity contribution in [3.63, 3.8) is 0 Å². The summed E-state index contributed by atoms with van der Waals surface area (Å²) >= 11 is 12.0. The summed E-state index contributed by atoms with van der Waals surface area (Å²) < 4.78 is 0. The van der Waals surface area contributed by atoms with E-state index in [0.717, 1.165) is 16.0 Å². The van der Waals surface area contributed by atoms with Crippen LogP contribution in [0.4, 0.5) is 10.5 Å². The Morgan fingerprint density at radius 1 is 1.18 bits per heavy atom. The first-order chi connectivity index (χ1) is 13.3. The Morgan fingerprint density at radius 2 is 1.96 bits per heavy atom. The summed E-state index contributed by atoms with van der Waals surface area (Å²) in [4.78, 5) is 38.6. The van der Waals surface area contributed by atoms with Gasteiger partial charge in [0.25, 0.3) is 0 Å². The minimum Gasteiger partial charge on any atom is -0.307 e. The van der Waals surface area contributed by atoms with E-state index in [2.05, 4.69) is 5.32 Å². The molecule has 0 radical (unpaired) electrons. The van der Waals surface area contributed by atoms with Crippen LogP contribution in [-0.4, -0.2) is 28.7 Å². The highest BCUT2D eigenvalue weighted by molar-refractivity contribution is 6.35. The quantitative estimate of drug-likeness (QED) is 0.740. The molecule has 0 unspecified atom stereocenters. The number of benzene rings is 2. The van der Waals surface area contributed by atoms with Gasteiger partial charge in [0, 0.05) is 28.6 Å². The first kappa shape index (κ1) is 20.4. The second-order valence-corrected chi connectivity index (χ2v) is 7.66. The highest BCUT2D eigenvalue weighted by Gasteiger charge is 2.39. The second kappa shape index (κ2) is 8.76. The van der Waals surface area contributed by atoms with Gasteiger partial charge < -0.3 is 5.32 Å². The van der Waals surface area contributed by atoms with E-state index in [4.69, 9.17) is 23.2 Å². The lowest BCUT2D eigenvalue weighted by Gasteiger charge is -2.22. The van der Waals surface area contributed by atoms with Crippen molar-refractivity contribution in [3.05, 3.63) is 63.6 Å². The third-order valence-corrected chi connectivity index (χ3v) is 5.31. The molecule has 28 heavy (non-hydrogen) atoms. The number of urea groups is 1. The summed E-state index contributed by atoms with van der Waals surface area (Å²) in [6.07, 6.45) is 1.13. The largest absolute Gasteiger partial charge is 0.329 e. The maximum atomic E-state index is 12.7. The number of likely N-dealkylation sites (tertiary alicyclic amines) is 1. The van der Waals surface area contributed by atoms with Crippen molar-refractivity contribution >= 4 is 46.6 Å². The number of nitrogens with zero attached hydrogens (tertiary/aromatic N) is 1. The Morgan fingerprint density at radius 3 is 2.68 bits per heavy atom. The van der Waals surface area contributed by atoms with E-state index in [-0.39, 0.29) is 24.5 Å². The summed E-state index contributed by atoms with van der Waals surface area (Å²) in [5, 5.41) is 3.73. The molecule has 0 spiro atoms. The van der Waals surface area contributed by atoms with Gasteiger partial charge in [-0.1, -0.05) is 41.4 Å². The number of amides is 3. The number of anilines is 1. The Kier molecular flexibility index (Phi) is 6.37. The molecule has 1 aliphatic rings. The van der Waals surface area contributed by atoms with Gasteiger partial charge in [-0.05, 0) is 55.2 Å². The Labute approximate surface area is 173 Å². The lowest BCUT2D eigenvalue weighted by molar-refractivity contribution is -0.131. The minimum absolute atomic E-state index is 0.156. The van der Waals surface area contributed by atoms with Crippen LogP contribution >= 0.6 is 23.2 Å². The third-order valence-electron chi connectivity index (χ3n) is 4.73. The molecule has 2 aromatic carbocycles. The SMILES string of the molecule is Cc1cccc(NC(=O)N2C(=O)CC[C@H]2C(=O)CCc2ccc(Cl)cc2Cl)c1.